The first-order chi connectivity index (χ1) is 5.06. The molecule has 0 rings (SSSR count). The van der Waals surface area contributed by atoms with Crippen molar-refractivity contribution in [1.29, 1.82) is 0 Å². The molecular formula is C11H23. The SMILES string of the molecule is [CH2]C(C)C(C)(CCC)CCC. The van der Waals surface area contributed by atoms with E-state index in [-0.39, 0.29) is 0 Å². The van der Waals surface area contributed by atoms with Gasteiger partial charge in [-0.05, 0) is 31.1 Å². The Bertz CT molecular complexity index is 86.2. The van der Waals surface area contributed by atoms with Crippen LogP contribution < -0.4 is 0 Å². The fraction of sp³-hybridized carbons (Fsp3) is 0.909. The molecular weight excluding hydrogens is 132 g/mol. The predicted octanol–water partition coefficient (Wildman–Crippen LogP) is 4.06. The summed E-state index contributed by atoms with van der Waals surface area (Å²) >= 11 is 0. The Morgan fingerprint density at radius 3 is 1.73 bits per heavy atom. The van der Waals surface area contributed by atoms with Gasteiger partial charge in [-0.25, -0.2) is 0 Å². The van der Waals surface area contributed by atoms with Crippen molar-refractivity contribution in [2.45, 2.75) is 53.4 Å². The van der Waals surface area contributed by atoms with Crippen LogP contribution in [0.2, 0.25) is 0 Å². The minimum atomic E-state index is 0.490. The molecule has 67 valence electrons. The molecule has 0 aliphatic carbocycles. The van der Waals surface area contributed by atoms with Crippen LogP contribution in [0.3, 0.4) is 0 Å². The zero-order valence-electron chi connectivity index (χ0n) is 8.61. The molecule has 0 aromatic heterocycles. The molecule has 0 heteroatoms. The standard InChI is InChI=1S/C11H23/c1-6-8-11(5,9-7-2)10(3)4/h10H,3,6-9H2,1-2,4-5H3. The van der Waals surface area contributed by atoms with Gasteiger partial charge in [0.1, 0.15) is 0 Å². The van der Waals surface area contributed by atoms with Crippen LogP contribution in [0.15, 0.2) is 0 Å². The molecule has 1 radical (unpaired) electrons. The summed E-state index contributed by atoms with van der Waals surface area (Å²) < 4.78 is 0. The maximum Gasteiger partial charge on any atom is -0.0300 e. The lowest BCUT2D eigenvalue weighted by Gasteiger charge is -2.33. The zero-order chi connectivity index (χ0) is 8.91. The van der Waals surface area contributed by atoms with Gasteiger partial charge in [0, 0.05) is 0 Å². The van der Waals surface area contributed by atoms with Gasteiger partial charge in [-0.1, -0.05) is 40.5 Å². The average molecular weight is 155 g/mol. The van der Waals surface area contributed by atoms with E-state index in [0.717, 1.165) is 0 Å². The third kappa shape index (κ3) is 3.27. The first kappa shape index (κ1) is 11.0. The van der Waals surface area contributed by atoms with Crippen molar-refractivity contribution in [3.05, 3.63) is 6.92 Å². The second-order valence-electron chi connectivity index (χ2n) is 4.06. The van der Waals surface area contributed by atoms with Gasteiger partial charge >= 0.3 is 0 Å². The molecule has 0 saturated heterocycles. The van der Waals surface area contributed by atoms with Crippen molar-refractivity contribution in [3.8, 4) is 0 Å². The zero-order valence-corrected chi connectivity index (χ0v) is 8.61. The molecule has 0 aliphatic rings. The molecule has 0 aliphatic heterocycles. The Hall–Kier alpha value is 0. The smallest absolute Gasteiger partial charge is 0.0300 e. The van der Waals surface area contributed by atoms with Crippen LogP contribution in [0.1, 0.15) is 53.4 Å². The Morgan fingerprint density at radius 2 is 1.55 bits per heavy atom. The molecule has 0 aromatic carbocycles. The lowest BCUT2D eigenvalue weighted by Crippen LogP contribution is -2.23. The fourth-order valence-corrected chi connectivity index (χ4v) is 1.76. The van der Waals surface area contributed by atoms with Gasteiger partial charge in [-0.3, -0.25) is 0 Å². The van der Waals surface area contributed by atoms with Gasteiger partial charge in [0.05, 0.1) is 0 Å². The van der Waals surface area contributed by atoms with Crippen molar-refractivity contribution in [2.75, 3.05) is 0 Å². The lowest BCUT2D eigenvalue weighted by molar-refractivity contribution is 0.197. The molecule has 11 heavy (non-hydrogen) atoms. The van der Waals surface area contributed by atoms with E-state index in [0.29, 0.717) is 11.3 Å². The quantitative estimate of drug-likeness (QED) is 0.561. The largest absolute Gasteiger partial charge is 0.0654 e. The van der Waals surface area contributed by atoms with Gasteiger partial charge in [0.2, 0.25) is 0 Å². The molecule has 1 atom stereocenters. The van der Waals surface area contributed by atoms with Crippen LogP contribution >= 0.6 is 0 Å². The number of hydrogen-bond donors (Lipinski definition) is 0. The molecule has 0 N–H and O–H groups in total. The van der Waals surface area contributed by atoms with E-state index >= 15 is 0 Å². The summed E-state index contributed by atoms with van der Waals surface area (Å²) in [6, 6.07) is 0. The second kappa shape index (κ2) is 4.79. The minimum Gasteiger partial charge on any atom is -0.0654 e. The summed E-state index contributed by atoms with van der Waals surface area (Å²) in [6.07, 6.45) is 5.23. The van der Waals surface area contributed by atoms with E-state index in [9.17, 15) is 0 Å². The van der Waals surface area contributed by atoms with Crippen LogP contribution in [0.4, 0.5) is 0 Å². The van der Waals surface area contributed by atoms with Crippen LogP contribution in [0.5, 0.6) is 0 Å². The van der Waals surface area contributed by atoms with Crippen molar-refractivity contribution < 1.29 is 0 Å². The van der Waals surface area contributed by atoms with Crippen molar-refractivity contribution in [3.63, 3.8) is 0 Å². The van der Waals surface area contributed by atoms with Crippen LogP contribution in [-0.2, 0) is 0 Å². The lowest BCUT2D eigenvalue weighted by atomic mass is 9.72. The minimum absolute atomic E-state index is 0.490. The molecule has 0 spiro atoms. The van der Waals surface area contributed by atoms with E-state index < -0.39 is 0 Å². The molecule has 0 heterocycles. The van der Waals surface area contributed by atoms with Crippen molar-refractivity contribution >= 4 is 0 Å². The van der Waals surface area contributed by atoms with Crippen LogP contribution in [0, 0.1) is 18.3 Å². The van der Waals surface area contributed by atoms with E-state index in [1.54, 1.807) is 0 Å². The maximum absolute atomic E-state index is 4.15. The average Bonchev–Trinajstić information content (AvgIpc) is 1.88. The summed E-state index contributed by atoms with van der Waals surface area (Å²) in [5.74, 6) is 0.586. The summed E-state index contributed by atoms with van der Waals surface area (Å²) in [4.78, 5) is 0. The number of hydrogen-bond acceptors (Lipinski definition) is 0. The van der Waals surface area contributed by atoms with Crippen LogP contribution in [0.25, 0.3) is 0 Å². The van der Waals surface area contributed by atoms with Crippen molar-refractivity contribution in [2.24, 2.45) is 11.3 Å². The Kier molecular flexibility index (Phi) is 4.79. The fourth-order valence-electron chi connectivity index (χ4n) is 1.76. The molecule has 1 unspecified atom stereocenters. The van der Waals surface area contributed by atoms with Gasteiger partial charge in [-0.15, -0.1) is 0 Å². The van der Waals surface area contributed by atoms with E-state index in [2.05, 4.69) is 34.6 Å². The summed E-state index contributed by atoms with van der Waals surface area (Å²) in [5.41, 5.74) is 0.490. The Morgan fingerprint density at radius 1 is 1.18 bits per heavy atom. The van der Waals surface area contributed by atoms with Crippen molar-refractivity contribution in [1.82, 2.24) is 0 Å². The highest BCUT2D eigenvalue weighted by molar-refractivity contribution is 4.80. The molecule has 0 fully saturated rings. The highest BCUT2D eigenvalue weighted by atomic mass is 14.3. The van der Waals surface area contributed by atoms with Gasteiger partial charge in [-0.2, -0.15) is 0 Å². The molecule has 0 aromatic rings. The monoisotopic (exact) mass is 155 g/mol. The Labute approximate surface area is 72.4 Å². The van der Waals surface area contributed by atoms with Crippen LogP contribution in [-0.4, -0.2) is 0 Å². The number of rotatable bonds is 5. The van der Waals surface area contributed by atoms with E-state index in [4.69, 9.17) is 0 Å². The molecule has 0 amide bonds. The molecule has 0 bridgehead atoms. The molecule has 0 nitrogen and oxygen atoms in total. The Balaban J connectivity index is 4.01. The maximum atomic E-state index is 4.15. The third-order valence-electron chi connectivity index (χ3n) is 2.83. The van der Waals surface area contributed by atoms with Gasteiger partial charge < -0.3 is 0 Å². The predicted molar refractivity (Wildman–Crippen MR) is 52.4 cm³/mol. The first-order valence-electron chi connectivity index (χ1n) is 4.90. The summed E-state index contributed by atoms with van der Waals surface area (Å²) in [7, 11) is 0. The topological polar surface area (TPSA) is 0 Å². The summed E-state index contributed by atoms with van der Waals surface area (Å²) in [5, 5.41) is 0. The summed E-state index contributed by atoms with van der Waals surface area (Å²) in [6.45, 7) is 13.3. The highest BCUT2D eigenvalue weighted by Crippen LogP contribution is 2.36. The van der Waals surface area contributed by atoms with Gasteiger partial charge in [0.25, 0.3) is 0 Å². The second-order valence-corrected chi connectivity index (χ2v) is 4.06. The van der Waals surface area contributed by atoms with Gasteiger partial charge in [0.15, 0.2) is 0 Å². The normalized spacial score (nSPS) is 12.5. The highest BCUT2D eigenvalue weighted by Gasteiger charge is 2.25. The van der Waals surface area contributed by atoms with E-state index in [1.165, 1.54) is 25.7 Å². The van der Waals surface area contributed by atoms with E-state index in [1.807, 2.05) is 0 Å². The third-order valence-corrected chi connectivity index (χ3v) is 2.83. The first-order valence-corrected chi connectivity index (χ1v) is 4.90. The molecule has 0 saturated carbocycles.